The van der Waals surface area contributed by atoms with Crippen LogP contribution in [0.25, 0.3) is 11.1 Å². The number of halogens is 2. The van der Waals surface area contributed by atoms with Crippen LogP contribution in [0.15, 0.2) is 54.6 Å². The Bertz CT molecular complexity index is 1350. The summed E-state index contributed by atoms with van der Waals surface area (Å²) in [6.45, 7) is 1.56. The summed E-state index contributed by atoms with van der Waals surface area (Å²) in [6.07, 6.45) is 2.38. The summed E-state index contributed by atoms with van der Waals surface area (Å²) in [4.78, 5) is 0. The van der Waals surface area contributed by atoms with Gasteiger partial charge in [-0.15, -0.1) is 10.8 Å². The van der Waals surface area contributed by atoms with Crippen LogP contribution < -0.4 is 14.8 Å². The molecule has 0 aromatic heterocycles. The fourth-order valence-electron chi connectivity index (χ4n) is 3.44. The molecule has 0 atom stereocenters. The maximum Gasteiger partial charge on any atom is 0.229 e. The molecule has 1 aliphatic rings. The molecular formula is C23H25F2N3O4S2. The largest absolute Gasteiger partial charge is 0.349 e. The van der Waals surface area contributed by atoms with Crippen LogP contribution in [0.2, 0.25) is 0 Å². The average molecular weight is 510 g/mol. The van der Waals surface area contributed by atoms with Crippen molar-refractivity contribution in [2.45, 2.75) is 25.0 Å². The van der Waals surface area contributed by atoms with Gasteiger partial charge in [-0.05, 0) is 66.8 Å². The molecule has 0 spiro atoms. The van der Waals surface area contributed by atoms with E-state index < -0.39 is 32.4 Å². The minimum atomic E-state index is -3.46. The number of nitrogens with one attached hydrogen (secondary N) is 3. The van der Waals surface area contributed by atoms with Gasteiger partial charge < -0.3 is 5.32 Å². The zero-order valence-electron chi connectivity index (χ0n) is 18.5. The van der Waals surface area contributed by atoms with E-state index in [0.29, 0.717) is 35.2 Å². The van der Waals surface area contributed by atoms with Gasteiger partial charge in [0.1, 0.15) is 11.5 Å². The average Bonchev–Trinajstić information content (AvgIpc) is 3.59. The molecule has 7 nitrogen and oxygen atoms in total. The van der Waals surface area contributed by atoms with Crippen molar-refractivity contribution >= 4 is 43.5 Å². The summed E-state index contributed by atoms with van der Waals surface area (Å²) >= 11 is 0. The number of sulfonamides is 1. The maximum absolute atomic E-state index is 15.0. The number of hydrogen-bond acceptors (Lipinski definition) is 6. The molecule has 3 aromatic rings. The highest BCUT2D eigenvalue weighted by Crippen LogP contribution is 2.56. The second-order valence-electron chi connectivity index (χ2n) is 8.29. The fourth-order valence-corrected chi connectivity index (χ4v) is 5.45. The highest BCUT2D eigenvalue weighted by molar-refractivity contribution is 8.26. The maximum atomic E-state index is 15.0. The van der Waals surface area contributed by atoms with E-state index in [1.807, 2.05) is 0 Å². The second-order valence-corrected chi connectivity index (χ2v) is 12.1. The molecule has 1 saturated carbocycles. The SMILES string of the molecule is Cc1ccc(NS(O)(O)C2CC2)c(Nc2ccc(-c3cccc(NS(C)(=O)=O)c3)cc2F)c1F. The molecule has 0 aliphatic heterocycles. The monoisotopic (exact) mass is 509 g/mol. The Morgan fingerprint density at radius 3 is 2.24 bits per heavy atom. The van der Waals surface area contributed by atoms with Crippen molar-refractivity contribution in [3.05, 3.63) is 71.8 Å². The van der Waals surface area contributed by atoms with Crippen LogP contribution in [0.3, 0.4) is 0 Å². The quantitative estimate of drug-likeness (QED) is 0.244. The molecule has 34 heavy (non-hydrogen) atoms. The molecule has 0 radical (unpaired) electrons. The lowest BCUT2D eigenvalue weighted by Crippen LogP contribution is -2.15. The van der Waals surface area contributed by atoms with Crippen molar-refractivity contribution < 1.29 is 26.3 Å². The minimum absolute atomic E-state index is 0.00961. The van der Waals surface area contributed by atoms with E-state index in [4.69, 9.17) is 0 Å². The zero-order chi connectivity index (χ0) is 24.7. The van der Waals surface area contributed by atoms with Crippen LogP contribution in [0.4, 0.5) is 31.5 Å². The van der Waals surface area contributed by atoms with E-state index in [1.54, 1.807) is 37.3 Å². The molecule has 5 N–H and O–H groups in total. The lowest BCUT2D eigenvalue weighted by molar-refractivity contribution is 0.492. The van der Waals surface area contributed by atoms with Gasteiger partial charge in [0.05, 0.1) is 22.9 Å². The van der Waals surface area contributed by atoms with Crippen LogP contribution in [0.1, 0.15) is 18.4 Å². The van der Waals surface area contributed by atoms with Crippen LogP contribution >= 0.6 is 10.8 Å². The van der Waals surface area contributed by atoms with Gasteiger partial charge in [-0.25, -0.2) is 17.2 Å². The van der Waals surface area contributed by atoms with Crippen molar-refractivity contribution in [3.8, 4) is 11.1 Å². The van der Waals surface area contributed by atoms with Gasteiger partial charge in [-0.1, -0.05) is 24.3 Å². The van der Waals surface area contributed by atoms with Gasteiger partial charge in [-0.3, -0.25) is 18.5 Å². The van der Waals surface area contributed by atoms with Crippen LogP contribution in [-0.2, 0) is 10.0 Å². The first-order valence-corrected chi connectivity index (χ1v) is 13.9. The predicted octanol–water partition coefficient (Wildman–Crippen LogP) is 6.30. The van der Waals surface area contributed by atoms with Gasteiger partial charge >= 0.3 is 0 Å². The van der Waals surface area contributed by atoms with E-state index in [1.165, 1.54) is 24.3 Å². The summed E-state index contributed by atoms with van der Waals surface area (Å²) in [5.41, 5.74) is 1.75. The summed E-state index contributed by atoms with van der Waals surface area (Å²) in [5.74, 6) is -1.31. The van der Waals surface area contributed by atoms with Crippen LogP contribution in [0.5, 0.6) is 0 Å². The Kier molecular flexibility index (Phi) is 6.47. The van der Waals surface area contributed by atoms with Gasteiger partial charge in [0, 0.05) is 5.69 Å². The first kappa shape index (κ1) is 24.3. The van der Waals surface area contributed by atoms with Gasteiger partial charge in [-0.2, -0.15) is 0 Å². The molecule has 0 saturated heterocycles. The molecule has 182 valence electrons. The molecule has 11 heteroatoms. The number of rotatable bonds is 8. The van der Waals surface area contributed by atoms with E-state index in [-0.39, 0.29) is 22.3 Å². The molecule has 1 aliphatic carbocycles. The molecule has 1 fully saturated rings. The first-order valence-electron chi connectivity index (χ1n) is 10.4. The number of hydrogen-bond donors (Lipinski definition) is 5. The third-order valence-corrected chi connectivity index (χ3v) is 7.84. The third-order valence-electron chi connectivity index (χ3n) is 5.31. The first-order chi connectivity index (χ1) is 15.9. The lowest BCUT2D eigenvalue weighted by Gasteiger charge is -2.34. The zero-order valence-corrected chi connectivity index (χ0v) is 20.1. The molecule has 3 aromatic carbocycles. The lowest BCUT2D eigenvalue weighted by atomic mass is 10.0. The normalized spacial score (nSPS) is 14.5. The molecular weight excluding hydrogens is 484 g/mol. The van der Waals surface area contributed by atoms with Gasteiger partial charge in [0.25, 0.3) is 0 Å². The van der Waals surface area contributed by atoms with E-state index in [0.717, 1.165) is 6.26 Å². The standard InChI is InChI=1S/C23H25F2N3O4S2/c1-14-6-10-21(28-34(31,32)18-8-9-18)23(22(14)25)26-20-11-7-16(13-19(20)24)15-4-3-5-17(12-15)27-33(2,29)30/h3-7,10-13,18,26-28,31-32H,8-9H2,1-2H3. The second kappa shape index (κ2) is 9.06. The van der Waals surface area contributed by atoms with Crippen LogP contribution in [0, 0.1) is 18.6 Å². The van der Waals surface area contributed by atoms with E-state index >= 15 is 4.39 Å². The smallest absolute Gasteiger partial charge is 0.229 e. The van der Waals surface area contributed by atoms with E-state index in [2.05, 4.69) is 14.8 Å². The Hall–Kier alpha value is -2.86. The molecule has 0 bridgehead atoms. The summed E-state index contributed by atoms with van der Waals surface area (Å²) in [5, 5.41) is 2.46. The molecule has 0 unspecified atom stereocenters. The van der Waals surface area contributed by atoms with Crippen LogP contribution in [-0.4, -0.2) is 29.0 Å². The van der Waals surface area contributed by atoms with Crippen molar-refractivity contribution in [1.29, 1.82) is 0 Å². The third kappa shape index (κ3) is 5.61. The highest BCUT2D eigenvalue weighted by Gasteiger charge is 2.36. The summed E-state index contributed by atoms with van der Waals surface area (Å²) < 4.78 is 78.6. The Morgan fingerprint density at radius 2 is 1.59 bits per heavy atom. The van der Waals surface area contributed by atoms with Gasteiger partial charge in [0.15, 0.2) is 5.82 Å². The Labute approximate surface area is 198 Å². The fraction of sp³-hybridized carbons (Fsp3) is 0.217. The van der Waals surface area contributed by atoms with Crippen molar-refractivity contribution in [1.82, 2.24) is 0 Å². The number of benzene rings is 3. The topological polar surface area (TPSA) is 111 Å². The van der Waals surface area contributed by atoms with Gasteiger partial charge in [0.2, 0.25) is 10.0 Å². The highest BCUT2D eigenvalue weighted by atomic mass is 32.3. The number of aryl methyl sites for hydroxylation is 1. The molecule has 0 amide bonds. The van der Waals surface area contributed by atoms with Crippen molar-refractivity contribution in [2.24, 2.45) is 0 Å². The Morgan fingerprint density at radius 1 is 0.912 bits per heavy atom. The summed E-state index contributed by atoms with van der Waals surface area (Å²) in [7, 11) is -6.62. The molecule has 4 rings (SSSR count). The van der Waals surface area contributed by atoms with Crippen molar-refractivity contribution in [2.75, 3.05) is 21.0 Å². The van der Waals surface area contributed by atoms with Crippen molar-refractivity contribution in [3.63, 3.8) is 0 Å². The predicted molar refractivity (Wildman–Crippen MR) is 134 cm³/mol. The summed E-state index contributed by atoms with van der Waals surface area (Å²) in [6, 6.07) is 13.8. The minimum Gasteiger partial charge on any atom is -0.349 e. The molecule has 0 heterocycles. The van der Waals surface area contributed by atoms with E-state index in [9.17, 15) is 21.9 Å². The number of anilines is 4. The Balaban J connectivity index is 1.63.